The highest BCUT2D eigenvalue weighted by atomic mass is 32.2. The van der Waals surface area contributed by atoms with Crippen molar-refractivity contribution in [3.8, 4) is 0 Å². The van der Waals surface area contributed by atoms with Gasteiger partial charge in [0.15, 0.2) is 9.84 Å². The van der Waals surface area contributed by atoms with Crippen LogP contribution >= 0.6 is 0 Å². The third-order valence-electron chi connectivity index (χ3n) is 2.72. The maximum Gasteiger partial charge on any atom is 0.304 e. The van der Waals surface area contributed by atoms with Crippen LogP contribution in [0.3, 0.4) is 0 Å². The predicted octanol–water partition coefficient (Wildman–Crippen LogP) is -1.30. The summed E-state index contributed by atoms with van der Waals surface area (Å²) in [7, 11) is -1.35. The van der Waals surface area contributed by atoms with Crippen LogP contribution < -0.4 is 5.32 Å². The highest BCUT2D eigenvalue weighted by molar-refractivity contribution is 7.91. The molecule has 0 radical (unpaired) electrons. The number of hydrogen-bond donors (Lipinski definition) is 2. The van der Waals surface area contributed by atoms with Crippen molar-refractivity contribution in [3.63, 3.8) is 0 Å². The molecule has 1 heterocycles. The van der Waals surface area contributed by atoms with Crippen LogP contribution in [0.4, 0.5) is 0 Å². The summed E-state index contributed by atoms with van der Waals surface area (Å²) in [5.41, 5.74) is 0. The molecule has 8 heteroatoms. The van der Waals surface area contributed by atoms with Crippen molar-refractivity contribution >= 4 is 21.7 Å². The first-order valence-corrected chi connectivity index (χ1v) is 7.51. The molecule has 1 aliphatic heterocycles. The van der Waals surface area contributed by atoms with Crippen molar-refractivity contribution in [1.82, 2.24) is 10.2 Å². The number of sulfone groups is 1. The molecule has 104 valence electrons. The maximum atomic E-state index is 11.6. The summed E-state index contributed by atoms with van der Waals surface area (Å²) in [5, 5.41) is 11.1. The molecule has 1 aliphatic rings. The lowest BCUT2D eigenvalue weighted by Crippen LogP contribution is -2.42. The quantitative estimate of drug-likeness (QED) is 0.625. The van der Waals surface area contributed by atoms with Crippen molar-refractivity contribution in [2.24, 2.45) is 0 Å². The van der Waals surface area contributed by atoms with Gasteiger partial charge >= 0.3 is 5.97 Å². The zero-order valence-corrected chi connectivity index (χ0v) is 11.1. The van der Waals surface area contributed by atoms with E-state index in [-0.39, 0.29) is 43.0 Å². The SMILES string of the molecule is CN(CCC(=O)O)CC(=O)NC1CCS(=O)(=O)C1. The summed E-state index contributed by atoms with van der Waals surface area (Å²) in [6, 6.07) is -0.310. The fraction of sp³-hybridized carbons (Fsp3) is 0.800. The minimum absolute atomic E-state index is 0.00240. The third kappa shape index (κ3) is 5.46. The highest BCUT2D eigenvalue weighted by Gasteiger charge is 2.28. The van der Waals surface area contributed by atoms with Gasteiger partial charge in [-0.2, -0.15) is 0 Å². The molecule has 1 fully saturated rings. The molecule has 0 aromatic heterocycles. The Hall–Kier alpha value is -1.15. The lowest BCUT2D eigenvalue weighted by atomic mass is 10.2. The molecule has 18 heavy (non-hydrogen) atoms. The van der Waals surface area contributed by atoms with Gasteiger partial charge in [0.05, 0.1) is 24.5 Å². The molecule has 0 spiro atoms. The molecular formula is C10H18N2O5S. The summed E-state index contributed by atoms with van der Waals surface area (Å²) >= 11 is 0. The number of carbonyl (C=O) groups excluding carboxylic acids is 1. The lowest BCUT2D eigenvalue weighted by Gasteiger charge is -2.17. The van der Waals surface area contributed by atoms with Gasteiger partial charge in [0.1, 0.15) is 0 Å². The number of carboxylic acid groups (broad SMARTS) is 1. The van der Waals surface area contributed by atoms with E-state index in [1.165, 1.54) is 0 Å². The number of nitrogens with one attached hydrogen (secondary N) is 1. The first-order valence-electron chi connectivity index (χ1n) is 5.68. The molecule has 1 saturated heterocycles. The summed E-state index contributed by atoms with van der Waals surface area (Å²) < 4.78 is 22.4. The van der Waals surface area contributed by atoms with E-state index < -0.39 is 15.8 Å². The first kappa shape index (κ1) is 14.9. The Labute approximate surface area is 106 Å². The predicted molar refractivity (Wildman–Crippen MR) is 65.0 cm³/mol. The molecule has 1 atom stereocenters. The number of aliphatic carboxylic acids is 1. The van der Waals surface area contributed by atoms with Gasteiger partial charge in [0.2, 0.25) is 5.91 Å². The van der Waals surface area contributed by atoms with E-state index in [1.807, 2.05) is 0 Å². The van der Waals surface area contributed by atoms with Gasteiger partial charge in [0.25, 0.3) is 0 Å². The number of carboxylic acids is 1. The van der Waals surface area contributed by atoms with Crippen molar-refractivity contribution in [1.29, 1.82) is 0 Å². The molecule has 2 N–H and O–H groups in total. The molecular weight excluding hydrogens is 260 g/mol. The van der Waals surface area contributed by atoms with Gasteiger partial charge in [-0.25, -0.2) is 8.42 Å². The van der Waals surface area contributed by atoms with Gasteiger partial charge in [0, 0.05) is 12.6 Å². The Kier molecular flexibility index (Phi) is 5.09. The average Bonchev–Trinajstić information content (AvgIpc) is 2.54. The third-order valence-corrected chi connectivity index (χ3v) is 4.49. The summed E-state index contributed by atoms with van der Waals surface area (Å²) in [6.07, 6.45) is 0.425. The molecule has 0 aromatic rings. The fourth-order valence-electron chi connectivity index (χ4n) is 1.79. The van der Waals surface area contributed by atoms with E-state index in [0.29, 0.717) is 6.42 Å². The Bertz CT molecular complexity index is 420. The number of carbonyl (C=O) groups is 2. The van der Waals surface area contributed by atoms with Crippen LogP contribution in [-0.4, -0.2) is 68.0 Å². The lowest BCUT2D eigenvalue weighted by molar-refractivity contribution is -0.137. The summed E-state index contributed by atoms with van der Waals surface area (Å²) in [5.74, 6) is -1.07. The zero-order valence-electron chi connectivity index (χ0n) is 10.3. The number of rotatable bonds is 6. The van der Waals surface area contributed by atoms with E-state index in [4.69, 9.17) is 5.11 Å². The van der Waals surface area contributed by atoms with Gasteiger partial charge < -0.3 is 10.4 Å². The Morgan fingerprint density at radius 1 is 1.44 bits per heavy atom. The molecule has 0 aliphatic carbocycles. The van der Waals surface area contributed by atoms with E-state index in [0.717, 1.165) is 0 Å². The minimum atomic E-state index is -3.00. The Morgan fingerprint density at radius 2 is 2.11 bits per heavy atom. The number of hydrogen-bond acceptors (Lipinski definition) is 5. The van der Waals surface area contributed by atoms with Crippen LogP contribution in [-0.2, 0) is 19.4 Å². The molecule has 7 nitrogen and oxygen atoms in total. The van der Waals surface area contributed by atoms with Crippen molar-refractivity contribution in [2.45, 2.75) is 18.9 Å². The van der Waals surface area contributed by atoms with Gasteiger partial charge in [-0.05, 0) is 13.5 Å². The number of nitrogens with zero attached hydrogens (tertiary/aromatic N) is 1. The van der Waals surface area contributed by atoms with Gasteiger partial charge in [-0.3, -0.25) is 14.5 Å². The maximum absolute atomic E-state index is 11.6. The zero-order chi connectivity index (χ0) is 13.8. The van der Waals surface area contributed by atoms with E-state index >= 15 is 0 Å². The van der Waals surface area contributed by atoms with Crippen LogP contribution in [0, 0.1) is 0 Å². The Balaban J connectivity index is 2.27. The van der Waals surface area contributed by atoms with Crippen LogP contribution in [0.25, 0.3) is 0 Å². The largest absolute Gasteiger partial charge is 0.481 e. The summed E-state index contributed by atoms with van der Waals surface area (Å²) in [6.45, 7) is 0.357. The number of amides is 1. The van der Waals surface area contributed by atoms with Crippen molar-refractivity contribution < 1.29 is 23.1 Å². The molecule has 0 saturated carbocycles. The second-order valence-corrected chi connectivity index (χ2v) is 6.78. The second kappa shape index (κ2) is 6.14. The van der Waals surface area contributed by atoms with Crippen molar-refractivity contribution in [2.75, 3.05) is 31.6 Å². The minimum Gasteiger partial charge on any atom is -0.481 e. The second-order valence-electron chi connectivity index (χ2n) is 4.55. The van der Waals surface area contributed by atoms with Crippen LogP contribution in [0.1, 0.15) is 12.8 Å². The monoisotopic (exact) mass is 278 g/mol. The average molecular weight is 278 g/mol. The molecule has 1 rings (SSSR count). The highest BCUT2D eigenvalue weighted by Crippen LogP contribution is 2.10. The molecule has 0 aromatic carbocycles. The number of likely N-dealkylation sites (N-methyl/N-ethyl adjacent to an activating group) is 1. The van der Waals surface area contributed by atoms with Crippen LogP contribution in [0.15, 0.2) is 0 Å². The topological polar surface area (TPSA) is 104 Å². The van der Waals surface area contributed by atoms with Gasteiger partial charge in [-0.15, -0.1) is 0 Å². The smallest absolute Gasteiger partial charge is 0.304 e. The standard InChI is InChI=1S/C10H18N2O5S/c1-12(4-2-10(14)15)6-9(13)11-8-3-5-18(16,17)7-8/h8H,2-7H2,1H3,(H,11,13)(H,14,15). The van der Waals surface area contributed by atoms with E-state index in [9.17, 15) is 18.0 Å². The molecule has 0 bridgehead atoms. The van der Waals surface area contributed by atoms with E-state index in [2.05, 4.69) is 5.32 Å². The first-order chi connectivity index (χ1) is 8.28. The fourth-order valence-corrected chi connectivity index (χ4v) is 3.47. The van der Waals surface area contributed by atoms with Crippen LogP contribution in [0.5, 0.6) is 0 Å². The van der Waals surface area contributed by atoms with Crippen LogP contribution in [0.2, 0.25) is 0 Å². The van der Waals surface area contributed by atoms with E-state index in [1.54, 1.807) is 11.9 Å². The normalized spacial score (nSPS) is 22.0. The van der Waals surface area contributed by atoms with Crippen molar-refractivity contribution in [3.05, 3.63) is 0 Å². The molecule has 1 amide bonds. The van der Waals surface area contributed by atoms with Gasteiger partial charge in [-0.1, -0.05) is 0 Å². The Morgan fingerprint density at radius 3 is 2.61 bits per heavy atom. The summed E-state index contributed by atoms with van der Waals surface area (Å²) in [4.78, 5) is 23.5. The molecule has 1 unspecified atom stereocenters.